The lowest BCUT2D eigenvalue weighted by atomic mass is 9.96. The molecule has 1 fully saturated rings. The number of aromatic nitrogens is 2. The van der Waals surface area contributed by atoms with Gasteiger partial charge in [-0.15, -0.1) is 0 Å². The van der Waals surface area contributed by atoms with Gasteiger partial charge in [0.1, 0.15) is 0 Å². The van der Waals surface area contributed by atoms with Gasteiger partial charge in [-0.2, -0.15) is 5.10 Å². The van der Waals surface area contributed by atoms with Crippen molar-refractivity contribution >= 4 is 0 Å². The molecule has 0 saturated carbocycles. The Hall–Kier alpha value is -0.870. The summed E-state index contributed by atoms with van der Waals surface area (Å²) in [5.74, 6) is 0. The van der Waals surface area contributed by atoms with Crippen molar-refractivity contribution in [1.29, 1.82) is 0 Å². The van der Waals surface area contributed by atoms with Crippen molar-refractivity contribution in [1.82, 2.24) is 20.0 Å². The summed E-state index contributed by atoms with van der Waals surface area (Å²) in [5.41, 5.74) is 1.55. The second-order valence-electron chi connectivity index (χ2n) is 6.32. The molecule has 4 heteroatoms. The van der Waals surface area contributed by atoms with E-state index in [9.17, 15) is 0 Å². The van der Waals surface area contributed by atoms with Crippen LogP contribution in [0.4, 0.5) is 0 Å². The Bertz CT molecular complexity index is 397. The molecule has 0 aliphatic carbocycles. The predicted octanol–water partition coefficient (Wildman–Crippen LogP) is 2.26. The molecule has 1 aromatic rings. The van der Waals surface area contributed by atoms with Crippen LogP contribution in [0.25, 0.3) is 0 Å². The number of rotatable bonds is 5. The summed E-state index contributed by atoms with van der Waals surface area (Å²) in [6, 6.07) is 0.656. The highest BCUT2D eigenvalue weighted by Crippen LogP contribution is 2.20. The van der Waals surface area contributed by atoms with E-state index in [2.05, 4.69) is 49.2 Å². The minimum atomic E-state index is 0.213. The number of hydrogen-bond acceptors (Lipinski definition) is 3. The Morgan fingerprint density at radius 3 is 2.84 bits per heavy atom. The number of nitrogens with zero attached hydrogens (tertiary/aromatic N) is 3. The van der Waals surface area contributed by atoms with Gasteiger partial charge in [-0.1, -0.05) is 13.3 Å². The molecule has 1 aliphatic heterocycles. The SMILES string of the molecule is CCCC1CNC(C)(C)CN1Cc1cnn(CC)c1. The maximum absolute atomic E-state index is 4.38. The molecule has 1 unspecified atom stereocenters. The Labute approximate surface area is 117 Å². The third-order valence-electron chi connectivity index (χ3n) is 3.95. The first kappa shape index (κ1) is 14.5. The van der Waals surface area contributed by atoms with Gasteiger partial charge in [0.25, 0.3) is 0 Å². The molecule has 1 saturated heterocycles. The third kappa shape index (κ3) is 3.80. The van der Waals surface area contributed by atoms with E-state index in [0.29, 0.717) is 6.04 Å². The second kappa shape index (κ2) is 6.06. The van der Waals surface area contributed by atoms with Crippen LogP contribution in [0.2, 0.25) is 0 Å². The summed E-state index contributed by atoms with van der Waals surface area (Å²) in [6.07, 6.45) is 6.71. The monoisotopic (exact) mass is 264 g/mol. The van der Waals surface area contributed by atoms with E-state index in [1.165, 1.54) is 18.4 Å². The molecular weight excluding hydrogens is 236 g/mol. The summed E-state index contributed by atoms with van der Waals surface area (Å²) in [7, 11) is 0. The van der Waals surface area contributed by atoms with Gasteiger partial charge in [0.15, 0.2) is 0 Å². The van der Waals surface area contributed by atoms with Gasteiger partial charge in [0.2, 0.25) is 0 Å². The molecule has 19 heavy (non-hydrogen) atoms. The molecule has 1 aliphatic rings. The van der Waals surface area contributed by atoms with Crippen LogP contribution in [0.1, 0.15) is 46.1 Å². The lowest BCUT2D eigenvalue weighted by Gasteiger charge is -2.44. The van der Waals surface area contributed by atoms with Crippen molar-refractivity contribution in [3.63, 3.8) is 0 Å². The fourth-order valence-corrected chi connectivity index (χ4v) is 2.91. The van der Waals surface area contributed by atoms with Crippen LogP contribution >= 0.6 is 0 Å². The van der Waals surface area contributed by atoms with Crippen molar-refractivity contribution < 1.29 is 0 Å². The molecule has 4 nitrogen and oxygen atoms in total. The molecule has 0 bridgehead atoms. The maximum atomic E-state index is 4.38. The summed E-state index contributed by atoms with van der Waals surface area (Å²) < 4.78 is 2.01. The molecule has 108 valence electrons. The van der Waals surface area contributed by atoms with E-state index < -0.39 is 0 Å². The third-order valence-corrected chi connectivity index (χ3v) is 3.95. The fraction of sp³-hybridized carbons (Fsp3) is 0.800. The highest BCUT2D eigenvalue weighted by Gasteiger charge is 2.31. The van der Waals surface area contributed by atoms with Crippen LogP contribution in [0.15, 0.2) is 12.4 Å². The van der Waals surface area contributed by atoms with Crippen molar-refractivity contribution in [2.45, 2.75) is 65.2 Å². The zero-order valence-electron chi connectivity index (χ0n) is 12.8. The zero-order chi connectivity index (χ0) is 13.9. The molecule has 2 rings (SSSR count). The number of aryl methyl sites for hydroxylation is 1. The van der Waals surface area contributed by atoms with E-state index in [0.717, 1.165) is 26.2 Å². The smallest absolute Gasteiger partial charge is 0.0534 e. The zero-order valence-corrected chi connectivity index (χ0v) is 12.8. The molecule has 2 heterocycles. The van der Waals surface area contributed by atoms with Crippen LogP contribution < -0.4 is 5.32 Å². The first-order chi connectivity index (χ1) is 9.04. The Morgan fingerprint density at radius 2 is 2.21 bits per heavy atom. The summed E-state index contributed by atoms with van der Waals surface area (Å²) in [6.45, 7) is 13.2. The summed E-state index contributed by atoms with van der Waals surface area (Å²) in [4.78, 5) is 2.62. The second-order valence-corrected chi connectivity index (χ2v) is 6.32. The number of nitrogens with one attached hydrogen (secondary N) is 1. The number of hydrogen-bond donors (Lipinski definition) is 1. The molecule has 0 radical (unpaired) electrons. The number of piperazine rings is 1. The predicted molar refractivity (Wildman–Crippen MR) is 79.1 cm³/mol. The van der Waals surface area contributed by atoms with Crippen molar-refractivity contribution in [3.8, 4) is 0 Å². The Balaban J connectivity index is 2.04. The van der Waals surface area contributed by atoms with E-state index in [1.807, 2.05) is 10.9 Å². The first-order valence-electron chi connectivity index (χ1n) is 7.54. The molecule has 1 atom stereocenters. The summed E-state index contributed by atoms with van der Waals surface area (Å²) in [5, 5.41) is 8.04. The van der Waals surface area contributed by atoms with Crippen LogP contribution in [-0.4, -0.2) is 39.4 Å². The highest BCUT2D eigenvalue weighted by molar-refractivity contribution is 5.05. The van der Waals surface area contributed by atoms with E-state index in [-0.39, 0.29) is 5.54 Å². The fourth-order valence-electron chi connectivity index (χ4n) is 2.91. The van der Waals surface area contributed by atoms with Crippen LogP contribution in [0.5, 0.6) is 0 Å². The van der Waals surface area contributed by atoms with Crippen LogP contribution in [0.3, 0.4) is 0 Å². The lowest BCUT2D eigenvalue weighted by molar-refractivity contribution is 0.0826. The Morgan fingerprint density at radius 1 is 1.42 bits per heavy atom. The first-order valence-corrected chi connectivity index (χ1v) is 7.54. The van der Waals surface area contributed by atoms with Crippen LogP contribution in [0, 0.1) is 0 Å². The molecular formula is C15H28N4. The lowest BCUT2D eigenvalue weighted by Crippen LogP contribution is -2.61. The quantitative estimate of drug-likeness (QED) is 0.885. The standard InChI is InChI=1S/C15H28N4/c1-5-7-14-9-16-15(3,4)12-18(14)10-13-8-17-19(6-2)11-13/h8,11,14,16H,5-7,9-10,12H2,1-4H3. The van der Waals surface area contributed by atoms with Gasteiger partial charge < -0.3 is 5.32 Å². The molecule has 0 amide bonds. The van der Waals surface area contributed by atoms with Crippen molar-refractivity contribution in [3.05, 3.63) is 18.0 Å². The largest absolute Gasteiger partial charge is 0.309 e. The minimum absolute atomic E-state index is 0.213. The van der Waals surface area contributed by atoms with Gasteiger partial charge in [-0.05, 0) is 27.2 Å². The molecule has 1 aromatic heterocycles. The van der Waals surface area contributed by atoms with E-state index in [1.54, 1.807) is 0 Å². The average Bonchev–Trinajstić information content (AvgIpc) is 2.80. The summed E-state index contributed by atoms with van der Waals surface area (Å²) >= 11 is 0. The van der Waals surface area contributed by atoms with E-state index in [4.69, 9.17) is 0 Å². The van der Waals surface area contributed by atoms with Gasteiger partial charge in [-0.25, -0.2) is 0 Å². The molecule has 0 spiro atoms. The Kier molecular flexibility index (Phi) is 4.63. The molecule has 0 aromatic carbocycles. The van der Waals surface area contributed by atoms with Crippen LogP contribution in [-0.2, 0) is 13.1 Å². The van der Waals surface area contributed by atoms with Gasteiger partial charge in [-0.3, -0.25) is 9.58 Å². The topological polar surface area (TPSA) is 33.1 Å². The van der Waals surface area contributed by atoms with Crippen molar-refractivity contribution in [2.75, 3.05) is 13.1 Å². The molecule has 1 N–H and O–H groups in total. The van der Waals surface area contributed by atoms with Crippen molar-refractivity contribution in [2.24, 2.45) is 0 Å². The minimum Gasteiger partial charge on any atom is -0.309 e. The highest BCUT2D eigenvalue weighted by atomic mass is 15.3. The normalized spacial score (nSPS) is 23.7. The van der Waals surface area contributed by atoms with Gasteiger partial charge in [0, 0.05) is 49.5 Å². The van der Waals surface area contributed by atoms with Gasteiger partial charge in [0.05, 0.1) is 6.20 Å². The van der Waals surface area contributed by atoms with E-state index >= 15 is 0 Å². The maximum Gasteiger partial charge on any atom is 0.0534 e. The average molecular weight is 264 g/mol. The van der Waals surface area contributed by atoms with Gasteiger partial charge >= 0.3 is 0 Å².